The van der Waals surface area contributed by atoms with Gasteiger partial charge in [0.25, 0.3) is 0 Å². The average Bonchev–Trinajstić information content (AvgIpc) is 2.87. The molecule has 1 saturated heterocycles. The molecule has 7 nitrogen and oxygen atoms in total. The van der Waals surface area contributed by atoms with E-state index in [2.05, 4.69) is 20.2 Å². The van der Waals surface area contributed by atoms with Crippen LogP contribution in [0.2, 0.25) is 0 Å². The molecular weight excluding hydrogens is 270 g/mol. The summed E-state index contributed by atoms with van der Waals surface area (Å²) in [4.78, 5) is 13.8. The van der Waals surface area contributed by atoms with Gasteiger partial charge in [0.05, 0.1) is 5.60 Å². The second kappa shape index (κ2) is 4.56. The van der Waals surface area contributed by atoms with Crippen LogP contribution in [0.5, 0.6) is 0 Å². The van der Waals surface area contributed by atoms with E-state index in [1.54, 1.807) is 6.07 Å². The molecule has 2 atom stereocenters. The van der Waals surface area contributed by atoms with E-state index in [0.29, 0.717) is 11.6 Å². The fraction of sp³-hybridized carbons (Fsp3) is 0.643. The van der Waals surface area contributed by atoms with E-state index >= 15 is 0 Å². The van der Waals surface area contributed by atoms with Gasteiger partial charge in [0.1, 0.15) is 5.82 Å². The van der Waals surface area contributed by atoms with Crippen LogP contribution in [0.15, 0.2) is 16.9 Å². The lowest BCUT2D eigenvalue weighted by molar-refractivity contribution is -0.0613. The second-order valence-corrected chi connectivity index (χ2v) is 6.23. The minimum Gasteiger partial charge on any atom is -0.389 e. The smallest absolute Gasteiger partial charge is 0.364 e. The van der Waals surface area contributed by atoms with Crippen LogP contribution in [0, 0.1) is 5.92 Å². The highest BCUT2D eigenvalue weighted by Gasteiger charge is 2.43. The van der Waals surface area contributed by atoms with Gasteiger partial charge in [0.15, 0.2) is 5.65 Å². The Labute approximate surface area is 121 Å². The van der Waals surface area contributed by atoms with Crippen molar-refractivity contribution in [3.63, 3.8) is 0 Å². The largest absolute Gasteiger partial charge is 0.389 e. The number of aliphatic hydroxyl groups is 1. The van der Waals surface area contributed by atoms with Crippen molar-refractivity contribution in [3.05, 3.63) is 22.6 Å². The second-order valence-electron chi connectivity index (χ2n) is 6.23. The van der Waals surface area contributed by atoms with Gasteiger partial charge in [-0.25, -0.2) is 9.89 Å². The number of aromatic amines is 1. The first-order chi connectivity index (χ1) is 10.2. The molecule has 2 unspecified atom stereocenters. The third-order valence-electron chi connectivity index (χ3n) is 5.01. The summed E-state index contributed by atoms with van der Waals surface area (Å²) in [5, 5.41) is 21.4. The van der Waals surface area contributed by atoms with Crippen LogP contribution in [0.3, 0.4) is 0 Å². The minimum atomic E-state index is -0.495. The zero-order chi connectivity index (χ0) is 14.4. The van der Waals surface area contributed by atoms with E-state index in [0.717, 1.165) is 44.6 Å². The summed E-state index contributed by atoms with van der Waals surface area (Å²) < 4.78 is 1.29. The number of hydrogen-bond donors (Lipinski definition) is 2. The Kier molecular flexibility index (Phi) is 2.78. The predicted molar refractivity (Wildman–Crippen MR) is 77.3 cm³/mol. The first-order valence-corrected chi connectivity index (χ1v) is 7.57. The first kappa shape index (κ1) is 12.8. The molecule has 1 saturated carbocycles. The zero-order valence-corrected chi connectivity index (χ0v) is 11.8. The molecule has 4 rings (SSSR count). The lowest BCUT2D eigenvalue weighted by Gasteiger charge is -2.47. The van der Waals surface area contributed by atoms with Crippen molar-refractivity contribution in [2.75, 3.05) is 18.0 Å². The summed E-state index contributed by atoms with van der Waals surface area (Å²) in [5.74, 6) is 1.08. The summed E-state index contributed by atoms with van der Waals surface area (Å²) in [7, 11) is 0. The van der Waals surface area contributed by atoms with E-state index in [1.807, 2.05) is 6.07 Å². The number of fused-ring (bicyclic) bond motifs is 2. The third-order valence-corrected chi connectivity index (χ3v) is 5.01. The molecule has 21 heavy (non-hydrogen) atoms. The van der Waals surface area contributed by atoms with Crippen molar-refractivity contribution in [2.24, 2.45) is 5.92 Å². The van der Waals surface area contributed by atoms with Crippen molar-refractivity contribution < 1.29 is 5.11 Å². The van der Waals surface area contributed by atoms with E-state index in [4.69, 9.17) is 0 Å². The van der Waals surface area contributed by atoms with Crippen LogP contribution < -0.4 is 10.6 Å². The highest BCUT2D eigenvalue weighted by Crippen LogP contribution is 2.40. The van der Waals surface area contributed by atoms with Gasteiger partial charge < -0.3 is 10.0 Å². The number of anilines is 1. The number of H-pyrrole nitrogens is 1. The Morgan fingerprint density at radius 3 is 3.14 bits per heavy atom. The van der Waals surface area contributed by atoms with E-state index in [1.165, 1.54) is 10.9 Å². The van der Waals surface area contributed by atoms with Gasteiger partial charge in [-0.2, -0.15) is 9.61 Å². The van der Waals surface area contributed by atoms with Crippen molar-refractivity contribution in [1.29, 1.82) is 0 Å². The van der Waals surface area contributed by atoms with E-state index in [9.17, 15) is 9.90 Å². The maximum absolute atomic E-state index is 11.6. The predicted octanol–water partition coefficient (Wildman–Crippen LogP) is 0.549. The number of nitrogens with zero attached hydrogens (tertiary/aromatic N) is 4. The fourth-order valence-corrected chi connectivity index (χ4v) is 3.74. The summed E-state index contributed by atoms with van der Waals surface area (Å²) in [6.45, 7) is 1.58. The van der Waals surface area contributed by atoms with Gasteiger partial charge in [0.2, 0.25) is 0 Å². The molecular formula is C14H19N5O2. The number of aromatic nitrogens is 4. The molecule has 0 radical (unpaired) electrons. The van der Waals surface area contributed by atoms with Crippen molar-refractivity contribution in [1.82, 2.24) is 19.8 Å². The van der Waals surface area contributed by atoms with Crippen molar-refractivity contribution >= 4 is 11.5 Å². The average molecular weight is 289 g/mol. The molecule has 3 heterocycles. The van der Waals surface area contributed by atoms with Crippen LogP contribution in [-0.2, 0) is 0 Å². The molecule has 0 spiro atoms. The highest BCUT2D eigenvalue weighted by molar-refractivity contribution is 5.45. The molecule has 0 aromatic carbocycles. The van der Waals surface area contributed by atoms with Crippen LogP contribution in [0.4, 0.5) is 5.82 Å². The Morgan fingerprint density at radius 2 is 2.24 bits per heavy atom. The topological polar surface area (TPSA) is 86.5 Å². The third kappa shape index (κ3) is 2.03. The van der Waals surface area contributed by atoms with Gasteiger partial charge in [-0.15, -0.1) is 5.10 Å². The fourth-order valence-electron chi connectivity index (χ4n) is 3.74. The molecule has 112 valence electrons. The SMILES string of the molecule is O=c1[nH]nc2ccc(N3CCC4(O)CCCCC4C3)nn12. The van der Waals surface area contributed by atoms with Crippen molar-refractivity contribution in [2.45, 2.75) is 37.7 Å². The molecule has 0 amide bonds. The molecule has 0 bridgehead atoms. The van der Waals surface area contributed by atoms with Crippen molar-refractivity contribution in [3.8, 4) is 0 Å². The molecule has 2 aromatic heterocycles. The molecule has 7 heteroatoms. The Hall–Kier alpha value is -1.89. The summed E-state index contributed by atoms with van der Waals surface area (Å²) in [6, 6.07) is 3.69. The maximum Gasteiger partial charge on any atom is 0.364 e. The van der Waals surface area contributed by atoms with E-state index in [-0.39, 0.29) is 5.69 Å². The van der Waals surface area contributed by atoms with Gasteiger partial charge in [-0.3, -0.25) is 0 Å². The van der Waals surface area contributed by atoms with Gasteiger partial charge >= 0.3 is 5.69 Å². The number of nitrogens with one attached hydrogen (secondary N) is 1. The summed E-state index contributed by atoms with van der Waals surface area (Å²) in [5.41, 5.74) is -0.293. The Bertz CT molecular complexity index is 723. The lowest BCUT2D eigenvalue weighted by Crippen LogP contribution is -2.53. The normalized spacial score (nSPS) is 29.6. The van der Waals surface area contributed by atoms with Gasteiger partial charge in [0, 0.05) is 19.0 Å². The quantitative estimate of drug-likeness (QED) is 0.800. The van der Waals surface area contributed by atoms with Crippen LogP contribution in [0.25, 0.3) is 5.65 Å². The number of rotatable bonds is 1. The molecule has 2 fully saturated rings. The van der Waals surface area contributed by atoms with Crippen LogP contribution >= 0.6 is 0 Å². The molecule has 2 aromatic rings. The Balaban J connectivity index is 1.63. The van der Waals surface area contributed by atoms with Crippen LogP contribution in [0.1, 0.15) is 32.1 Å². The minimum absolute atomic E-state index is 0.304. The molecule has 1 aliphatic carbocycles. The van der Waals surface area contributed by atoms with Gasteiger partial charge in [-0.1, -0.05) is 12.8 Å². The molecule has 2 N–H and O–H groups in total. The number of hydrogen-bond acceptors (Lipinski definition) is 5. The monoisotopic (exact) mass is 289 g/mol. The number of piperidine rings is 1. The summed E-state index contributed by atoms with van der Waals surface area (Å²) in [6.07, 6.45) is 5.08. The van der Waals surface area contributed by atoms with E-state index < -0.39 is 5.60 Å². The molecule has 1 aliphatic heterocycles. The maximum atomic E-state index is 11.6. The first-order valence-electron chi connectivity index (χ1n) is 7.57. The molecule has 2 aliphatic rings. The zero-order valence-electron chi connectivity index (χ0n) is 11.8. The standard InChI is InChI=1S/C14H19N5O2/c20-13-16-15-11-4-5-12(17-19(11)13)18-8-7-14(21)6-2-1-3-10(14)9-18/h4-5,10,21H,1-3,6-9H2,(H,16,20). The highest BCUT2D eigenvalue weighted by atomic mass is 16.3. The lowest BCUT2D eigenvalue weighted by atomic mass is 9.71. The summed E-state index contributed by atoms with van der Waals surface area (Å²) >= 11 is 0. The Morgan fingerprint density at radius 1 is 1.33 bits per heavy atom. The van der Waals surface area contributed by atoms with Gasteiger partial charge in [-0.05, 0) is 31.4 Å². The van der Waals surface area contributed by atoms with Crippen LogP contribution in [-0.4, -0.2) is 43.6 Å².